The Kier molecular flexibility index (Phi) is 5.34. The van der Waals surface area contributed by atoms with Crippen LogP contribution in [0.15, 0.2) is 35.7 Å². The van der Waals surface area contributed by atoms with Gasteiger partial charge in [0.15, 0.2) is 0 Å². The van der Waals surface area contributed by atoms with Gasteiger partial charge in [0, 0.05) is 24.5 Å². The lowest BCUT2D eigenvalue weighted by molar-refractivity contribution is 0.387. The highest BCUT2D eigenvalue weighted by Gasteiger charge is 2.23. The maximum atomic E-state index is 12.3. The molecule has 1 heterocycles. The van der Waals surface area contributed by atoms with Gasteiger partial charge in [0.1, 0.15) is 0 Å². The summed E-state index contributed by atoms with van der Waals surface area (Å²) in [6.45, 7) is 3.92. The molecule has 1 fully saturated rings. The van der Waals surface area contributed by atoms with E-state index in [1.807, 2.05) is 37.3 Å². The second-order valence-electron chi connectivity index (χ2n) is 5.00. The summed E-state index contributed by atoms with van der Waals surface area (Å²) in [6, 6.07) is 9.77. The fourth-order valence-electron chi connectivity index (χ4n) is 2.39. The van der Waals surface area contributed by atoms with Gasteiger partial charge < -0.3 is 5.32 Å². The number of likely N-dealkylation sites (N-methyl/N-ethyl adjacent to an activating group) is 1. The molecule has 1 aromatic carbocycles. The molecule has 0 spiro atoms. The van der Waals surface area contributed by atoms with E-state index in [9.17, 15) is 8.42 Å². The van der Waals surface area contributed by atoms with Crippen molar-refractivity contribution in [2.24, 2.45) is 0 Å². The third-order valence-electron chi connectivity index (χ3n) is 3.53. The van der Waals surface area contributed by atoms with Crippen LogP contribution in [0, 0.1) is 0 Å². The molecule has 1 unspecified atom stereocenters. The van der Waals surface area contributed by atoms with Gasteiger partial charge in [0.2, 0.25) is 10.0 Å². The molecular weight excluding hydrogens is 272 g/mol. The van der Waals surface area contributed by atoms with Gasteiger partial charge in [-0.2, -0.15) is 4.31 Å². The van der Waals surface area contributed by atoms with Crippen LogP contribution in [0.1, 0.15) is 25.3 Å². The number of benzene rings is 1. The highest BCUT2D eigenvalue weighted by Crippen LogP contribution is 2.12. The molecule has 1 N–H and O–H groups in total. The van der Waals surface area contributed by atoms with Gasteiger partial charge in [0.25, 0.3) is 0 Å². The first-order valence-electron chi connectivity index (χ1n) is 7.08. The summed E-state index contributed by atoms with van der Waals surface area (Å²) in [5.74, 6) is 0. The van der Waals surface area contributed by atoms with Crippen molar-refractivity contribution in [1.29, 1.82) is 0 Å². The third-order valence-corrected chi connectivity index (χ3v) is 5.14. The zero-order valence-electron chi connectivity index (χ0n) is 11.8. The Morgan fingerprint density at radius 2 is 2.10 bits per heavy atom. The standard InChI is InChI=1S/C15H22N2O2S/c1-2-17(13-15-9-6-11-16-15)20(18,19)12-10-14-7-4-3-5-8-14/h3-5,7-8,10,12,15-16H,2,6,9,11,13H2,1H3/b12-10+. The molecule has 0 saturated carbocycles. The van der Waals surface area contributed by atoms with Crippen molar-refractivity contribution in [2.75, 3.05) is 19.6 Å². The molecule has 1 saturated heterocycles. The van der Waals surface area contributed by atoms with Crippen LogP contribution in [0.4, 0.5) is 0 Å². The van der Waals surface area contributed by atoms with E-state index >= 15 is 0 Å². The van der Waals surface area contributed by atoms with E-state index in [0.29, 0.717) is 13.1 Å². The Bertz CT molecular complexity index is 534. The van der Waals surface area contributed by atoms with E-state index in [2.05, 4.69) is 5.32 Å². The normalized spacial score (nSPS) is 20.0. The number of sulfonamides is 1. The minimum atomic E-state index is -3.35. The number of hydrogen-bond acceptors (Lipinski definition) is 3. The first-order chi connectivity index (χ1) is 9.62. The Hall–Kier alpha value is -1.17. The largest absolute Gasteiger partial charge is 0.313 e. The van der Waals surface area contributed by atoms with Gasteiger partial charge in [-0.05, 0) is 31.0 Å². The van der Waals surface area contributed by atoms with Crippen LogP contribution in [0.3, 0.4) is 0 Å². The minimum absolute atomic E-state index is 0.287. The third kappa shape index (κ3) is 4.16. The van der Waals surface area contributed by atoms with Crippen LogP contribution in [0.5, 0.6) is 0 Å². The van der Waals surface area contributed by atoms with Crippen molar-refractivity contribution in [3.63, 3.8) is 0 Å². The Morgan fingerprint density at radius 3 is 2.70 bits per heavy atom. The second-order valence-corrected chi connectivity index (χ2v) is 6.82. The zero-order chi connectivity index (χ0) is 14.4. The first kappa shape index (κ1) is 15.2. The summed E-state index contributed by atoms with van der Waals surface area (Å²) in [5, 5.41) is 4.64. The van der Waals surface area contributed by atoms with Gasteiger partial charge in [-0.3, -0.25) is 0 Å². The van der Waals surface area contributed by atoms with E-state index < -0.39 is 10.0 Å². The Labute approximate surface area is 121 Å². The molecular formula is C15H22N2O2S. The van der Waals surface area contributed by atoms with Crippen molar-refractivity contribution >= 4 is 16.1 Å². The molecule has 0 radical (unpaired) electrons. The van der Waals surface area contributed by atoms with Crippen molar-refractivity contribution < 1.29 is 8.42 Å². The van der Waals surface area contributed by atoms with Crippen LogP contribution in [0.25, 0.3) is 6.08 Å². The molecule has 1 aromatic rings. The summed E-state index contributed by atoms with van der Waals surface area (Å²) in [6.07, 6.45) is 3.83. The first-order valence-corrected chi connectivity index (χ1v) is 8.59. The Balaban J connectivity index is 2.05. The lowest BCUT2D eigenvalue weighted by Gasteiger charge is -2.22. The smallest absolute Gasteiger partial charge is 0.236 e. The quantitative estimate of drug-likeness (QED) is 0.873. The second kappa shape index (κ2) is 7.02. The highest BCUT2D eigenvalue weighted by molar-refractivity contribution is 7.92. The molecule has 20 heavy (non-hydrogen) atoms. The van der Waals surface area contributed by atoms with Gasteiger partial charge in [-0.1, -0.05) is 37.3 Å². The molecule has 110 valence electrons. The highest BCUT2D eigenvalue weighted by atomic mass is 32.2. The average Bonchev–Trinajstić information content (AvgIpc) is 2.97. The monoisotopic (exact) mass is 294 g/mol. The molecule has 5 heteroatoms. The summed E-state index contributed by atoms with van der Waals surface area (Å²) < 4.78 is 26.2. The summed E-state index contributed by atoms with van der Waals surface area (Å²) >= 11 is 0. The van der Waals surface area contributed by atoms with E-state index in [0.717, 1.165) is 24.9 Å². The Morgan fingerprint density at radius 1 is 1.35 bits per heavy atom. The fourth-order valence-corrected chi connectivity index (χ4v) is 3.63. The number of nitrogens with one attached hydrogen (secondary N) is 1. The topological polar surface area (TPSA) is 49.4 Å². The molecule has 1 atom stereocenters. The van der Waals surface area contributed by atoms with Crippen LogP contribution >= 0.6 is 0 Å². The van der Waals surface area contributed by atoms with Crippen molar-refractivity contribution in [3.05, 3.63) is 41.3 Å². The van der Waals surface area contributed by atoms with Crippen LogP contribution in [0.2, 0.25) is 0 Å². The lowest BCUT2D eigenvalue weighted by atomic mass is 10.2. The molecule has 0 amide bonds. The molecule has 0 aromatic heterocycles. The number of nitrogens with zero attached hydrogens (tertiary/aromatic N) is 1. The van der Waals surface area contributed by atoms with E-state index in [1.54, 1.807) is 6.08 Å². The maximum Gasteiger partial charge on any atom is 0.236 e. The van der Waals surface area contributed by atoms with Crippen LogP contribution in [-0.2, 0) is 10.0 Å². The van der Waals surface area contributed by atoms with Crippen molar-refractivity contribution in [1.82, 2.24) is 9.62 Å². The summed E-state index contributed by atoms with van der Waals surface area (Å²) in [5.41, 5.74) is 0.895. The predicted octanol–water partition coefficient (Wildman–Crippen LogP) is 2.06. The number of hydrogen-bond donors (Lipinski definition) is 1. The van der Waals surface area contributed by atoms with Gasteiger partial charge in [-0.25, -0.2) is 8.42 Å². The van der Waals surface area contributed by atoms with Gasteiger partial charge >= 0.3 is 0 Å². The average molecular weight is 294 g/mol. The fraction of sp³-hybridized carbons (Fsp3) is 0.467. The molecule has 0 aliphatic carbocycles. The maximum absolute atomic E-state index is 12.3. The summed E-state index contributed by atoms with van der Waals surface area (Å²) in [7, 11) is -3.35. The van der Waals surface area contributed by atoms with Crippen LogP contribution < -0.4 is 5.32 Å². The minimum Gasteiger partial charge on any atom is -0.313 e. The van der Waals surface area contributed by atoms with Crippen LogP contribution in [-0.4, -0.2) is 38.4 Å². The zero-order valence-corrected chi connectivity index (χ0v) is 12.6. The molecule has 1 aliphatic rings. The number of rotatable bonds is 6. The van der Waals surface area contributed by atoms with E-state index in [1.165, 1.54) is 9.71 Å². The summed E-state index contributed by atoms with van der Waals surface area (Å²) in [4.78, 5) is 0. The molecule has 0 bridgehead atoms. The molecule has 4 nitrogen and oxygen atoms in total. The predicted molar refractivity (Wildman–Crippen MR) is 82.7 cm³/mol. The SMILES string of the molecule is CCN(CC1CCCN1)S(=O)(=O)/C=C/c1ccccc1. The van der Waals surface area contributed by atoms with Crippen molar-refractivity contribution in [3.8, 4) is 0 Å². The van der Waals surface area contributed by atoms with Gasteiger partial charge in [-0.15, -0.1) is 0 Å². The van der Waals surface area contributed by atoms with Gasteiger partial charge in [0.05, 0.1) is 0 Å². The van der Waals surface area contributed by atoms with Crippen molar-refractivity contribution in [2.45, 2.75) is 25.8 Å². The molecule has 1 aliphatic heterocycles. The van der Waals surface area contributed by atoms with E-state index in [-0.39, 0.29) is 6.04 Å². The molecule has 2 rings (SSSR count). The van der Waals surface area contributed by atoms with E-state index in [4.69, 9.17) is 0 Å². The lowest BCUT2D eigenvalue weighted by Crippen LogP contribution is -2.40.